The van der Waals surface area contributed by atoms with Crippen LogP contribution >= 0.6 is 12.2 Å². The van der Waals surface area contributed by atoms with Crippen LogP contribution < -0.4 is 10.6 Å². The number of hydrogen-bond donors (Lipinski definition) is 2. The largest absolute Gasteiger partial charge is 0.416 e. The highest BCUT2D eigenvalue weighted by atomic mass is 32.1. The molecule has 2 N–H and O–H groups in total. The van der Waals surface area contributed by atoms with Crippen LogP contribution in [0.2, 0.25) is 0 Å². The molecule has 0 fully saturated rings. The minimum absolute atomic E-state index is 0.0657. The van der Waals surface area contributed by atoms with Crippen molar-refractivity contribution in [3.8, 4) is 0 Å². The van der Waals surface area contributed by atoms with Crippen LogP contribution in [0.15, 0.2) is 103 Å². The van der Waals surface area contributed by atoms with Crippen LogP contribution in [-0.2, 0) is 24.3 Å². The predicted molar refractivity (Wildman–Crippen MR) is 137 cm³/mol. The number of pyridine rings is 1. The molecule has 1 aromatic heterocycles. The summed E-state index contributed by atoms with van der Waals surface area (Å²) in [7, 11) is 0. The summed E-state index contributed by atoms with van der Waals surface area (Å²) < 4.78 is 80.8. The monoisotopic (exact) mass is 545 g/mol. The molecule has 4 rings (SSSR count). The Morgan fingerprint density at radius 1 is 0.684 bits per heavy atom. The first-order chi connectivity index (χ1) is 18.0. The van der Waals surface area contributed by atoms with Crippen molar-refractivity contribution in [2.24, 2.45) is 0 Å². The Kier molecular flexibility index (Phi) is 7.73. The molecule has 4 aromatic rings. The maximum absolute atomic E-state index is 13.7. The van der Waals surface area contributed by atoms with Gasteiger partial charge in [-0.1, -0.05) is 54.6 Å². The summed E-state index contributed by atoms with van der Waals surface area (Å²) in [6.07, 6.45) is -7.52. The van der Waals surface area contributed by atoms with Crippen molar-refractivity contribution in [3.05, 3.63) is 131 Å². The number of nitrogens with zero attached hydrogens (tertiary/aromatic N) is 1. The number of halogens is 6. The van der Waals surface area contributed by atoms with Crippen molar-refractivity contribution in [2.45, 2.75) is 24.3 Å². The van der Waals surface area contributed by atoms with E-state index in [0.29, 0.717) is 5.69 Å². The van der Waals surface area contributed by atoms with Gasteiger partial charge in [0.15, 0.2) is 5.11 Å². The lowest BCUT2D eigenvalue weighted by Crippen LogP contribution is -2.50. The second-order valence-electron chi connectivity index (χ2n) is 8.52. The normalized spacial score (nSPS) is 13.4. The SMILES string of the molecule is FC(F)(F)c1cccc(NC(=S)NC(Cc2ccccc2)(c2cccc(C(F)(F)F)c2)c2ccccn2)c1. The summed E-state index contributed by atoms with van der Waals surface area (Å²) in [5.74, 6) is 0. The van der Waals surface area contributed by atoms with Gasteiger partial charge in [0.25, 0.3) is 0 Å². The lowest BCUT2D eigenvalue weighted by atomic mass is 9.80. The Bertz CT molecular complexity index is 1390. The molecule has 0 radical (unpaired) electrons. The number of hydrogen-bond acceptors (Lipinski definition) is 2. The van der Waals surface area contributed by atoms with Gasteiger partial charge in [-0.25, -0.2) is 0 Å². The minimum Gasteiger partial charge on any atom is -0.347 e. The molecule has 196 valence electrons. The van der Waals surface area contributed by atoms with Crippen LogP contribution in [0.1, 0.15) is 27.9 Å². The van der Waals surface area contributed by atoms with Crippen LogP contribution in [-0.4, -0.2) is 10.1 Å². The molecule has 3 nitrogen and oxygen atoms in total. The van der Waals surface area contributed by atoms with E-state index in [4.69, 9.17) is 12.2 Å². The summed E-state index contributed by atoms with van der Waals surface area (Å²) in [5.41, 5.74) is -1.71. The van der Waals surface area contributed by atoms with Crippen LogP contribution in [0.25, 0.3) is 0 Å². The third-order valence-electron chi connectivity index (χ3n) is 5.87. The van der Waals surface area contributed by atoms with Gasteiger partial charge < -0.3 is 10.6 Å². The molecule has 1 unspecified atom stereocenters. The van der Waals surface area contributed by atoms with E-state index < -0.39 is 29.0 Å². The zero-order chi connectivity index (χ0) is 27.4. The second kappa shape index (κ2) is 10.8. The maximum Gasteiger partial charge on any atom is 0.416 e. The lowest BCUT2D eigenvalue weighted by molar-refractivity contribution is -0.138. The van der Waals surface area contributed by atoms with Crippen LogP contribution in [0, 0.1) is 0 Å². The predicted octanol–water partition coefficient (Wildman–Crippen LogP) is 7.59. The third-order valence-corrected chi connectivity index (χ3v) is 6.08. The highest BCUT2D eigenvalue weighted by Crippen LogP contribution is 2.37. The zero-order valence-electron chi connectivity index (χ0n) is 19.6. The molecule has 0 amide bonds. The van der Waals surface area contributed by atoms with Gasteiger partial charge in [-0.05, 0) is 65.8 Å². The number of alkyl halides is 6. The molecule has 38 heavy (non-hydrogen) atoms. The van der Waals surface area contributed by atoms with E-state index in [-0.39, 0.29) is 22.8 Å². The minimum atomic E-state index is -4.60. The molecule has 0 spiro atoms. The molecular formula is C28H21F6N3S. The van der Waals surface area contributed by atoms with Gasteiger partial charge in [0, 0.05) is 18.3 Å². The summed E-state index contributed by atoms with van der Waals surface area (Å²) in [6.45, 7) is 0. The third kappa shape index (κ3) is 6.31. The smallest absolute Gasteiger partial charge is 0.347 e. The second-order valence-corrected chi connectivity index (χ2v) is 8.93. The Morgan fingerprint density at radius 3 is 1.92 bits per heavy atom. The molecule has 0 bridgehead atoms. The van der Waals surface area contributed by atoms with Gasteiger partial charge in [-0.15, -0.1) is 0 Å². The van der Waals surface area contributed by atoms with Gasteiger partial charge >= 0.3 is 12.4 Å². The molecule has 0 saturated carbocycles. The molecule has 0 saturated heterocycles. The van der Waals surface area contributed by atoms with Crippen molar-refractivity contribution in [2.75, 3.05) is 5.32 Å². The number of thiocarbonyl (C=S) groups is 1. The van der Waals surface area contributed by atoms with Crippen molar-refractivity contribution in [1.29, 1.82) is 0 Å². The summed E-state index contributed by atoms with van der Waals surface area (Å²) in [5, 5.41) is 5.76. The molecule has 0 aliphatic heterocycles. The van der Waals surface area contributed by atoms with Gasteiger partial charge in [0.2, 0.25) is 0 Å². The van der Waals surface area contributed by atoms with E-state index in [1.807, 2.05) is 18.2 Å². The Morgan fingerprint density at radius 2 is 1.29 bits per heavy atom. The molecule has 10 heteroatoms. The van der Waals surface area contributed by atoms with Gasteiger partial charge in [-0.2, -0.15) is 26.3 Å². The number of anilines is 1. The molecule has 0 aliphatic carbocycles. The molecule has 0 aliphatic rings. The highest BCUT2D eigenvalue weighted by Gasteiger charge is 2.39. The van der Waals surface area contributed by atoms with Crippen molar-refractivity contribution < 1.29 is 26.3 Å². The van der Waals surface area contributed by atoms with E-state index in [2.05, 4.69) is 15.6 Å². The average molecular weight is 546 g/mol. The van der Waals surface area contributed by atoms with Crippen molar-refractivity contribution in [3.63, 3.8) is 0 Å². The molecular weight excluding hydrogens is 524 g/mol. The van der Waals surface area contributed by atoms with E-state index in [1.54, 1.807) is 30.3 Å². The van der Waals surface area contributed by atoms with Gasteiger partial charge in [0.05, 0.1) is 16.8 Å². The Hall–Kier alpha value is -3.92. The summed E-state index contributed by atoms with van der Waals surface area (Å²) >= 11 is 5.49. The lowest BCUT2D eigenvalue weighted by Gasteiger charge is -2.37. The molecule has 3 aromatic carbocycles. The Balaban J connectivity index is 1.82. The van der Waals surface area contributed by atoms with E-state index >= 15 is 0 Å². The van der Waals surface area contributed by atoms with E-state index in [1.165, 1.54) is 30.5 Å². The Labute approximate surface area is 220 Å². The number of rotatable bonds is 6. The zero-order valence-corrected chi connectivity index (χ0v) is 20.5. The fraction of sp³-hybridized carbons (Fsp3) is 0.143. The summed E-state index contributed by atoms with van der Waals surface area (Å²) in [6, 6.07) is 23.3. The van der Waals surface area contributed by atoms with Crippen LogP contribution in [0.4, 0.5) is 32.0 Å². The number of nitrogens with one attached hydrogen (secondary N) is 2. The van der Waals surface area contributed by atoms with Crippen molar-refractivity contribution >= 4 is 23.0 Å². The van der Waals surface area contributed by atoms with Gasteiger partial charge in [-0.3, -0.25) is 4.98 Å². The highest BCUT2D eigenvalue weighted by molar-refractivity contribution is 7.80. The quantitative estimate of drug-likeness (QED) is 0.193. The first-order valence-corrected chi connectivity index (χ1v) is 11.8. The molecule has 1 heterocycles. The standard InChI is InChI=1S/C28H21F6N3S/c29-27(30,31)21-11-6-10-20(16-21)26(24-14-4-5-15-35-24,18-19-8-2-1-3-9-19)37-25(38)36-23-13-7-12-22(17-23)28(32,33)34/h1-17H,18H2,(H2,36,37,38). The number of benzene rings is 3. The van der Waals surface area contributed by atoms with Crippen LogP contribution in [0.5, 0.6) is 0 Å². The first kappa shape index (κ1) is 27.1. The van der Waals surface area contributed by atoms with Crippen molar-refractivity contribution in [1.82, 2.24) is 10.3 Å². The topological polar surface area (TPSA) is 37.0 Å². The maximum atomic E-state index is 13.7. The molecule has 1 atom stereocenters. The van der Waals surface area contributed by atoms with E-state index in [9.17, 15) is 26.3 Å². The van der Waals surface area contributed by atoms with Gasteiger partial charge in [0.1, 0.15) is 5.54 Å². The fourth-order valence-electron chi connectivity index (χ4n) is 4.13. The first-order valence-electron chi connectivity index (χ1n) is 11.4. The average Bonchev–Trinajstić information content (AvgIpc) is 2.88. The van der Waals surface area contributed by atoms with E-state index in [0.717, 1.165) is 29.8 Å². The summed E-state index contributed by atoms with van der Waals surface area (Å²) in [4.78, 5) is 4.44. The number of aromatic nitrogens is 1. The van der Waals surface area contributed by atoms with Crippen LogP contribution in [0.3, 0.4) is 0 Å². The fourth-order valence-corrected chi connectivity index (χ4v) is 4.42.